The lowest BCUT2D eigenvalue weighted by Gasteiger charge is -1.96. The van der Waals surface area contributed by atoms with Crippen LogP contribution < -0.4 is 5.73 Å². The topological polar surface area (TPSA) is 107 Å². The van der Waals surface area contributed by atoms with E-state index in [1.165, 1.54) is 30.5 Å². The van der Waals surface area contributed by atoms with Gasteiger partial charge < -0.3 is 5.73 Å². The second kappa shape index (κ2) is 12.2. The number of rotatable bonds is 3. The molecule has 0 aliphatic heterocycles. The average Bonchev–Trinajstić information content (AvgIpc) is 2.54. The van der Waals surface area contributed by atoms with E-state index in [0.717, 1.165) is 6.26 Å². The molecule has 0 saturated heterocycles. The van der Waals surface area contributed by atoms with Crippen LogP contribution in [0.25, 0.3) is 0 Å². The quantitative estimate of drug-likeness (QED) is 0.291. The summed E-state index contributed by atoms with van der Waals surface area (Å²) in [6.07, 6.45) is 2.32. The molecular weight excluding hydrogens is 483 g/mol. The Kier molecular flexibility index (Phi) is 11.6. The van der Waals surface area contributed by atoms with Crippen LogP contribution in [0.1, 0.15) is 0 Å². The first-order chi connectivity index (χ1) is 12.8. The largest absolute Gasteiger partial charge is 0.399 e. The number of aliphatic imine (C=N–C) groups is 1. The normalized spacial score (nSPS) is 10.3. The Morgan fingerprint density at radius 1 is 0.893 bits per heavy atom. The van der Waals surface area contributed by atoms with Crippen molar-refractivity contribution >= 4 is 87.6 Å². The Bertz CT molecular complexity index is 1040. The molecule has 0 amide bonds. The highest BCUT2D eigenvalue weighted by Gasteiger charge is 2.05. The Labute approximate surface area is 185 Å². The zero-order valence-corrected chi connectivity index (χ0v) is 19.4. The van der Waals surface area contributed by atoms with Crippen molar-refractivity contribution in [2.24, 2.45) is 4.99 Å². The van der Waals surface area contributed by atoms with Crippen LogP contribution >= 0.6 is 47.6 Å². The fourth-order valence-corrected chi connectivity index (χ4v) is 2.90. The van der Waals surface area contributed by atoms with Gasteiger partial charge in [-0.15, -0.1) is 0 Å². The Hall–Kier alpha value is -1.39. The molecule has 0 aliphatic carbocycles. The van der Waals surface area contributed by atoms with Crippen molar-refractivity contribution in [2.45, 2.75) is 9.79 Å². The van der Waals surface area contributed by atoms with E-state index in [1.807, 2.05) is 0 Å². The number of anilines is 1. The summed E-state index contributed by atoms with van der Waals surface area (Å²) < 4.78 is 43.8. The number of nitrogens with two attached hydrogens (primary N) is 1. The number of hydrogen-bond acceptors (Lipinski definition) is 8. The highest BCUT2D eigenvalue weighted by atomic mass is 35.5. The standard InChI is InChI=1S/C8H7NO2S2.C7H9NO2S.CCl2S/c1-13(10,11)8-4-2-7(3-5-8)9-6-12;1-11(9,10)7-4-2-6(8)3-5-7;2-1(3)4/h2-5H,1H3;2-5H,8H2,1H3;. The number of thiocarbonyl (C=S) groups is 2. The number of nitrogens with zero attached hydrogens (tertiary/aromatic N) is 1. The van der Waals surface area contributed by atoms with Crippen LogP contribution in [0.3, 0.4) is 0 Å². The molecule has 0 bridgehead atoms. The number of hydrogen-bond donors (Lipinski definition) is 1. The minimum atomic E-state index is -3.12. The van der Waals surface area contributed by atoms with Gasteiger partial charge in [0, 0.05) is 18.2 Å². The zero-order valence-electron chi connectivity index (χ0n) is 14.7. The Morgan fingerprint density at radius 2 is 1.21 bits per heavy atom. The maximum absolute atomic E-state index is 11.0. The van der Waals surface area contributed by atoms with Gasteiger partial charge in [-0.05, 0) is 60.7 Å². The Morgan fingerprint density at radius 3 is 1.50 bits per heavy atom. The van der Waals surface area contributed by atoms with Crippen molar-refractivity contribution in [3.05, 3.63) is 48.5 Å². The number of nitrogen functional groups attached to an aromatic ring is 1. The molecule has 0 saturated carbocycles. The lowest BCUT2D eigenvalue weighted by atomic mass is 10.3. The Balaban J connectivity index is 0.000000442. The predicted molar refractivity (Wildman–Crippen MR) is 123 cm³/mol. The lowest BCUT2D eigenvalue weighted by Crippen LogP contribution is -1.96. The van der Waals surface area contributed by atoms with Crippen LogP contribution in [-0.4, -0.2) is 38.3 Å². The smallest absolute Gasteiger partial charge is 0.175 e. The molecule has 6 nitrogen and oxygen atoms in total. The van der Waals surface area contributed by atoms with Gasteiger partial charge in [0.15, 0.2) is 23.5 Å². The maximum atomic E-state index is 11.0. The minimum absolute atomic E-state index is 0.0556. The molecule has 2 rings (SSSR count). The second-order valence-corrected chi connectivity index (χ2v) is 11.1. The first kappa shape index (κ1) is 26.6. The van der Waals surface area contributed by atoms with E-state index in [9.17, 15) is 16.8 Å². The number of halogens is 2. The third-order valence-corrected chi connectivity index (χ3v) is 5.10. The fourth-order valence-electron chi connectivity index (χ4n) is 1.54. The molecule has 0 aliphatic rings. The molecule has 0 unspecified atom stereocenters. The fraction of sp³-hybridized carbons (Fsp3) is 0.125. The van der Waals surface area contributed by atoms with Gasteiger partial charge in [0.05, 0.1) is 20.6 Å². The molecule has 0 aromatic heterocycles. The SMILES string of the molecule is CS(=O)(=O)c1ccc(N)cc1.CS(=O)(=O)c1ccc(N=C=S)cc1.S=C(Cl)Cl. The van der Waals surface area contributed by atoms with E-state index in [0.29, 0.717) is 16.3 Å². The van der Waals surface area contributed by atoms with E-state index in [4.69, 9.17) is 28.9 Å². The van der Waals surface area contributed by atoms with E-state index >= 15 is 0 Å². The minimum Gasteiger partial charge on any atom is -0.399 e. The summed E-state index contributed by atoms with van der Waals surface area (Å²) in [6.45, 7) is 0. The molecule has 0 radical (unpaired) electrons. The van der Waals surface area contributed by atoms with Crippen LogP contribution in [0.2, 0.25) is 0 Å². The van der Waals surface area contributed by atoms with Gasteiger partial charge in [0.2, 0.25) is 0 Å². The van der Waals surface area contributed by atoms with Crippen molar-refractivity contribution in [3.63, 3.8) is 0 Å². The molecule has 152 valence electrons. The first-order valence-electron chi connectivity index (χ1n) is 7.06. The summed E-state index contributed by atoms with van der Waals surface area (Å²) in [7, 11) is -6.20. The molecule has 0 heterocycles. The third-order valence-electron chi connectivity index (χ3n) is 2.75. The van der Waals surface area contributed by atoms with Crippen molar-refractivity contribution in [1.82, 2.24) is 0 Å². The van der Waals surface area contributed by atoms with E-state index in [-0.39, 0.29) is 8.68 Å². The molecule has 2 aromatic carbocycles. The van der Waals surface area contributed by atoms with Crippen LogP contribution in [-0.2, 0) is 19.7 Å². The second-order valence-electron chi connectivity index (χ2n) is 5.04. The van der Waals surface area contributed by atoms with Crippen LogP contribution in [0.4, 0.5) is 11.4 Å². The molecule has 0 spiro atoms. The van der Waals surface area contributed by atoms with Gasteiger partial charge in [-0.2, -0.15) is 4.99 Å². The number of isothiocyanates is 1. The van der Waals surface area contributed by atoms with Gasteiger partial charge in [-0.25, -0.2) is 16.8 Å². The first-order valence-corrected chi connectivity index (χ1v) is 12.4. The summed E-state index contributed by atoms with van der Waals surface area (Å²) in [5.74, 6) is 0. The van der Waals surface area contributed by atoms with Crippen molar-refractivity contribution in [3.8, 4) is 0 Å². The molecule has 0 atom stereocenters. The summed E-state index contributed by atoms with van der Waals surface area (Å²) in [5.41, 5.74) is 6.54. The zero-order chi connectivity index (χ0) is 22.0. The highest BCUT2D eigenvalue weighted by Crippen LogP contribution is 2.15. The lowest BCUT2D eigenvalue weighted by molar-refractivity contribution is 0.600. The van der Waals surface area contributed by atoms with Crippen molar-refractivity contribution in [2.75, 3.05) is 18.2 Å². The summed E-state index contributed by atoms with van der Waals surface area (Å²) >= 11 is 18.0. The van der Waals surface area contributed by atoms with Gasteiger partial charge in [-0.1, -0.05) is 35.4 Å². The van der Waals surface area contributed by atoms with Crippen LogP contribution in [0.15, 0.2) is 63.3 Å². The summed E-state index contributed by atoms with van der Waals surface area (Å²) in [5, 5.41) is 2.20. The predicted octanol–water partition coefficient (Wildman–Crippen LogP) is 4.25. The number of sulfone groups is 2. The highest BCUT2D eigenvalue weighted by molar-refractivity contribution is 7.91. The third kappa shape index (κ3) is 12.1. The van der Waals surface area contributed by atoms with Crippen molar-refractivity contribution < 1.29 is 16.8 Å². The van der Waals surface area contributed by atoms with Crippen LogP contribution in [0, 0.1) is 0 Å². The molecular formula is C16H16Cl2N2O4S4. The summed E-state index contributed by atoms with van der Waals surface area (Å²) in [6, 6.07) is 12.2. The van der Waals surface area contributed by atoms with E-state index in [2.05, 4.69) is 34.6 Å². The molecule has 12 heteroatoms. The van der Waals surface area contributed by atoms with Gasteiger partial charge in [0.1, 0.15) is 0 Å². The van der Waals surface area contributed by atoms with Gasteiger partial charge in [0.25, 0.3) is 0 Å². The summed E-state index contributed by atoms with van der Waals surface area (Å²) in [4.78, 5) is 4.27. The van der Waals surface area contributed by atoms with Gasteiger partial charge >= 0.3 is 0 Å². The molecule has 2 aromatic rings. The van der Waals surface area contributed by atoms with E-state index < -0.39 is 19.7 Å². The number of benzene rings is 2. The van der Waals surface area contributed by atoms with E-state index in [1.54, 1.807) is 24.3 Å². The van der Waals surface area contributed by atoms with Crippen LogP contribution in [0.5, 0.6) is 0 Å². The molecule has 0 fully saturated rings. The monoisotopic (exact) mass is 498 g/mol. The average molecular weight is 499 g/mol. The molecule has 28 heavy (non-hydrogen) atoms. The molecule has 2 N–H and O–H groups in total. The van der Waals surface area contributed by atoms with Crippen molar-refractivity contribution in [1.29, 1.82) is 0 Å². The maximum Gasteiger partial charge on any atom is 0.175 e. The van der Waals surface area contributed by atoms with Gasteiger partial charge in [-0.3, -0.25) is 0 Å².